The molecule has 0 saturated heterocycles. The van der Waals surface area contributed by atoms with E-state index in [-0.39, 0.29) is 25.5 Å². The molecule has 1 aliphatic rings. The lowest BCUT2D eigenvalue weighted by molar-refractivity contribution is -0.144. The minimum absolute atomic E-state index is 0.00340. The third-order valence-corrected chi connectivity index (χ3v) is 5.10. The highest BCUT2D eigenvalue weighted by Crippen LogP contribution is 2.34. The van der Waals surface area contributed by atoms with Crippen LogP contribution >= 0.6 is 11.8 Å². The number of carbonyl (C=O) groups excluding carboxylic acids is 2. The fourth-order valence-corrected chi connectivity index (χ4v) is 3.68. The number of carbonyl (C=O) groups is 2. The highest BCUT2D eigenvalue weighted by molar-refractivity contribution is 8.00. The van der Waals surface area contributed by atoms with Gasteiger partial charge in [0.05, 0.1) is 24.1 Å². The van der Waals surface area contributed by atoms with Crippen molar-refractivity contribution in [2.45, 2.75) is 17.9 Å². The number of nitrogens with zero attached hydrogens (tertiary/aromatic N) is 2. The van der Waals surface area contributed by atoms with Crippen molar-refractivity contribution in [3.05, 3.63) is 54.4 Å². The second kappa shape index (κ2) is 7.71. The van der Waals surface area contributed by atoms with Gasteiger partial charge in [-0.15, -0.1) is 11.8 Å². The predicted octanol–water partition coefficient (Wildman–Crippen LogP) is 3.51. The summed E-state index contributed by atoms with van der Waals surface area (Å²) in [6.45, 7) is 0.287. The highest BCUT2D eigenvalue weighted by atomic mass is 32.2. The van der Waals surface area contributed by atoms with Crippen molar-refractivity contribution in [1.29, 1.82) is 0 Å². The van der Waals surface area contributed by atoms with E-state index < -0.39 is 5.97 Å². The quantitative estimate of drug-likeness (QED) is 0.601. The number of para-hydroxylation sites is 1. The Hall–Kier alpha value is -3.00. The van der Waals surface area contributed by atoms with E-state index in [9.17, 15) is 9.59 Å². The molecule has 0 saturated carbocycles. The first-order valence-electron chi connectivity index (χ1n) is 8.38. The molecule has 0 unspecified atom stereocenters. The van der Waals surface area contributed by atoms with Crippen molar-refractivity contribution in [3.63, 3.8) is 0 Å². The average molecular weight is 384 g/mol. The van der Waals surface area contributed by atoms with Crippen LogP contribution in [0.15, 0.2) is 62.6 Å². The number of rotatable bonds is 6. The van der Waals surface area contributed by atoms with Crippen LogP contribution in [0.1, 0.15) is 12.1 Å². The monoisotopic (exact) mass is 384 g/mol. The molecule has 0 aliphatic carbocycles. The number of fused-ring (bicyclic) bond motifs is 1. The number of benzene rings is 1. The second-order valence-electron chi connectivity index (χ2n) is 5.87. The van der Waals surface area contributed by atoms with Gasteiger partial charge in [-0.3, -0.25) is 9.59 Å². The van der Waals surface area contributed by atoms with Crippen LogP contribution in [0.2, 0.25) is 0 Å². The Balaban J connectivity index is 1.31. The fraction of sp³-hybridized carbons (Fsp3) is 0.211. The van der Waals surface area contributed by atoms with E-state index >= 15 is 0 Å². The number of furan rings is 1. The number of thioether (sulfide) groups is 1. The molecule has 1 amide bonds. The van der Waals surface area contributed by atoms with E-state index in [1.165, 1.54) is 18.0 Å². The lowest BCUT2D eigenvalue weighted by atomic mass is 10.2. The molecule has 2 aromatic heterocycles. The minimum Gasteiger partial charge on any atom is -0.461 e. The van der Waals surface area contributed by atoms with Crippen LogP contribution in [0.25, 0.3) is 11.5 Å². The van der Waals surface area contributed by atoms with Gasteiger partial charge in [0.25, 0.3) is 0 Å². The van der Waals surface area contributed by atoms with Gasteiger partial charge in [0.1, 0.15) is 12.3 Å². The summed E-state index contributed by atoms with van der Waals surface area (Å²) in [4.78, 5) is 26.9. The van der Waals surface area contributed by atoms with Gasteiger partial charge >= 0.3 is 5.97 Å². The highest BCUT2D eigenvalue weighted by Gasteiger charge is 2.24. The number of aromatic nitrogens is 1. The SMILES string of the molecule is O=C(CCN1C(=O)CSc2ccccc21)OCc1cc(-c2ccco2)on1. The number of anilines is 1. The molecule has 1 aliphatic heterocycles. The van der Waals surface area contributed by atoms with Crippen molar-refractivity contribution in [2.24, 2.45) is 0 Å². The normalized spacial score (nSPS) is 13.5. The molecule has 8 heteroatoms. The summed E-state index contributed by atoms with van der Waals surface area (Å²) >= 11 is 1.51. The van der Waals surface area contributed by atoms with Crippen molar-refractivity contribution in [2.75, 3.05) is 17.2 Å². The first kappa shape index (κ1) is 17.4. The van der Waals surface area contributed by atoms with Crippen molar-refractivity contribution in [1.82, 2.24) is 5.16 Å². The molecule has 0 radical (unpaired) electrons. The van der Waals surface area contributed by atoms with Crippen molar-refractivity contribution >= 4 is 29.3 Å². The molecule has 4 rings (SSSR count). The molecule has 0 fully saturated rings. The molecule has 0 N–H and O–H groups in total. The molecule has 0 atom stereocenters. The summed E-state index contributed by atoms with van der Waals surface area (Å²) in [5.74, 6) is 0.993. The predicted molar refractivity (Wildman–Crippen MR) is 98.1 cm³/mol. The van der Waals surface area contributed by atoms with Crippen LogP contribution in [0.5, 0.6) is 0 Å². The van der Waals surface area contributed by atoms with Gasteiger partial charge in [-0.25, -0.2) is 0 Å². The largest absolute Gasteiger partial charge is 0.461 e. The lowest BCUT2D eigenvalue weighted by Gasteiger charge is -2.28. The molecule has 7 nitrogen and oxygen atoms in total. The van der Waals surface area contributed by atoms with Gasteiger partial charge < -0.3 is 18.6 Å². The summed E-state index contributed by atoms with van der Waals surface area (Å²) in [6, 6.07) is 12.8. The van der Waals surface area contributed by atoms with E-state index in [2.05, 4.69) is 5.16 Å². The Morgan fingerprint density at radius 2 is 2.11 bits per heavy atom. The van der Waals surface area contributed by atoms with Crippen LogP contribution in [0, 0.1) is 0 Å². The van der Waals surface area contributed by atoms with Gasteiger partial charge in [0.15, 0.2) is 5.76 Å². The summed E-state index contributed by atoms with van der Waals surface area (Å²) in [6.07, 6.45) is 1.64. The number of esters is 1. The zero-order valence-electron chi connectivity index (χ0n) is 14.3. The van der Waals surface area contributed by atoms with Crippen LogP contribution < -0.4 is 4.90 Å². The van der Waals surface area contributed by atoms with Crippen LogP contribution in [-0.2, 0) is 20.9 Å². The molecule has 0 spiro atoms. The Morgan fingerprint density at radius 3 is 2.96 bits per heavy atom. The zero-order chi connectivity index (χ0) is 18.6. The third-order valence-electron chi connectivity index (χ3n) is 4.05. The number of hydrogen-bond acceptors (Lipinski definition) is 7. The summed E-state index contributed by atoms with van der Waals surface area (Å²) in [5.41, 5.74) is 1.33. The Morgan fingerprint density at radius 1 is 1.22 bits per heavy atom. The summed E-state index contributed by atoms with van der Waals surface area (Å²) in [5, 5.41) is 3.86. The Labute approximate surface area is 159 Å². The van der Waals surface area contributed by atoms with E-state index in [1.54, 1.807) is 23.1 Å². The first-order valence-corrected chi connectivity index (χ1v) is 9.36. The van der Waals surface area contributed by atoms with Crippen LogP contribution in [0.3, 0.4) is 0 Å². The Bertz CT molecular complexity index is 951. The summed E-state index contributed by atoms with van der Waals surface area (Å²) < 4.78 is 15.6. The standard InChI is InChI=1S/C19H16N2O5S/c22-18-12-27-17-6-2-1-4-14(17)21(18)8-7-19(23)25-11-13-10-16(26-20-13)15-5-3-9-24-15/h1-6,9-10H,7-8,11-12H2. The minimum atomic E-state index is -0.402. The van der Waals surface area contributed by atoms with Gasteiger partial charge in [-0.05, 0) is 24.3 Å². The van der Waals surface area contributed by atoms with Crippen molar-refractivity contribution < 1.29 is 23.3 Å². The van der Waals surface area contributed by atoms with Crippen LogP contribution in [-0.4, -0.2) is 29.3 Å². The molecule has 27 heavy (non-hydrogen) atoms. The van der Waals surface area contributed by atoms with Crippen molar-refractivity contribution in [3.8, 4) is 11.5 Å². The van der Waals surface area contributed by atoms with Gasteiger partial charge in [0.2, 0.25) is 11.7 Å². The van der Waals surface area contributed by atoms with Gasteiger partial charge in [-0.2, -0.15) is 0 Å². The fourth-order valence-electron chi connectivity index (χ4n) is 2.74. The van der Waals surface area contributed by atoms with E-state index in [0.717, 1.165) is 10.6 Å². The average Bonchev–Trinajstić information content (AvgIpc) is 3.37. The summed E-state index contributed by atoms with van der Waals surface area (Å²) in [7, 11) is 0. The zero-order valence-corrected chi connectivity index (χ0v) is 15.1. The molecule has 3 aromatic rings. The van der Waals surface area contributed by atoms with E-state index in [1.807, 2.05) is 24.3 Å². The molecule has 1 aromatic carbocycles. The first-order chi connectivity index (χ1) is 13.2. The smallest absolute Gasteiger partial charge is 0.307 e. The van der Waals surface area contributed by atoms with E-state index in [0.29, 0.717) is 23.0 Å². The van der Waals surface area contributed by atoms with Gasteiger partial charge in [-0.1, -0.05) is 17.3 Å². The molecule has 3 heterocycles. The molecule has 0 bridgehead atoms. The number of amides is 1. The van der Waals surface area contributed by atoms with E-state index in [4.69, 9.17) is 13.7 Å². The molecule has 138 valence electrons. The Kier molecular flexibility index (Phi) is 4.97. The number of hydrogen-bond donors (Lipinski definition) is 0. The van der Waals surface area contributed by atoms with Gasteiger partial charge in [0, 0.05) is 17.5 Å². The lowest BCUT2D eigenvalue weighted by Crippen LogP contribution is -2.37. The molecular formula is C19H16N2O5S. The number of ether oxygens (including phenoxy) is 1. The maximum absolute atomic E-state index is 12.2. The third kappa shape index (κ3) is 3.90. The maximum Gasteiger partial charge on any atom is 0.307 e. The maximum atomic E-state index is 12.2. The molecular weight excluding hydrogens is 368 g/mol. The second-order valence-corrected chi connectivity index (χ2v) is 6.89. The topological polar surface area (TPSA) is 85.8 Å². The van der Waals surface area contributed by atoms with Crippen LogP contribution in [0.4, 0.5) is 5.69 Å².